The van der Waals surface area contributed by atoms with Crippen molar-refractivity contribution in [3.63, 3.8) is 0 Å². The third kappa shape index (κ3) is 3.66. The monoisotopic (exact) mass is 440 g/mol. The van der Waals surface area contributed by atoms with Crippen molar-refractivity contribution in [3.8, 4) is 5.88 Å². The molecule has 3 amide bonds. The van der Waals surface area contributed by atoms with Gasteiger partial charge in [0.25, 0.3) is 5.91 Å². The fourth-order valence-electron chi connectivity index (χ4n) is 4.05. The molecule has 2 aromatic rings. The Morgan fingerprint density at radius 2 is 1.72 bits per heavy atom. The van der Waals surface area contributed by atoms with E-state index in [1.165, 1.54) is 21.0 Å². The van der Waals surface area contributed by atoms with Crippen molar-refractivity contribution in [1.82, 2.24) is 14.9 Å². The van der Waals surface area contributed by atoms with Gasteiger partial charge in [-0.1, -0.05) is 13.8 Å². The van der Waals surface area contributed by atoms with Gasteiger partial charge in [-0.05, 0) is 30.2 Å². The Morgan fingerprint density at radius 3 is 2.34 bits per heavy atom. The molecule has 1 aromatic heterocycles. The summed E-state index contributed by atoms with van der Waals surface area (Å²) in [5.41, 5.74) is 7.22. The maximum Gasteiger partial charge on any atom is 0.326 e. The van der Waals surface area contributed by atoms with E-state index in [2.05, 4.69) is 9.97 Å². The first-order chi connectivity index (χ1) is 15.3. The third-order valence-electron chi connectivity index (χ3n) is 5.59. The number of carbonyl (C=O) groups excluding carboxylic acids is 2. The molecule has 0 saturated carbocycles. The number of amides is 3. The molecule has 4 rings (SSSR count). The average molecular weight is 440 g/mol. The molecular weight excluding hydrogens is 416 g/mol. The predicted molar refractivity (Wildman–Crippen MR) is 116 cm³/mol. The van der Waals surface area contributed by atoms with Crippen molar-refractivity contribution >= 4 is 35.1 Å². The van der Waals surface area contributed by atoms with Gasteiger partial charge in [-0.3, -0.25) is 9.69 Å². The largest absolute Gasteiger partial charge is 0.480 e. The second-order valence-corrected chi connectivity index (χ2v) is 7.92. The number of carboxylic acids is 1. The number of aliphatic carboxylic acids is 1. The molecular formula is C21H24N6O5. The Labute approximate surface area is 184 Å². The molecule has 0 aliphatic carbocycles. The first-order valence-corrected chi connectivity index (χ1v) is 10.3. The fraction of sp³-hybridized carbons (Fsp3) is 0.381. The summed E-state index contributed by atoms with van der Waals surface area (Å²) in [7, 11) is 0. The predicted octanol–water partition coefficient (Wildman–Crippen LogP) is 1.45. The molecule has 0 radical (unpaired) electrons. The van der Waals surface area contributed by atoms with Gasteiger partial charge in [-0.25, -0.2) is 19.6 Å². The molecule has 0 bridgehead atoms. The lowest BCUT2D eigenvalue weighted by atomic mass is 10.0. The van der Waals surface area contributed by atoms with Crippen LogP contribution in [0.4, 0.5) is 22.0 Å². The number of fused-ring (bicyclic) bond motifs is 1. The highest BCUT2D eigenvalue weighted by atomic mass is 16.5. The topological polar surface area (TPSA) is 142 Å². The Balaban J connectivity index is 1.55. The fourth-order valence-corrected chi connectivity index (χ4v) is 4.05. The number of carbonyl (C=O) groups is 3. The summed E-state index contributed by atoms with van der Waals surface area (Å²) in [6.45, 7) is 4.80. The van der Waals surface area contributed by atoms with Crippen LogP contribution in [0, 0.1) is 5.92 Å². The summed E-state index contributed by atoms with van der Waals surface area (Å²) < 4.78 is 5.54. The van der Waals surface area contributed by atoms with Crippen molar-refractivity contribution in [2.75, 3.05) is 41.8 Å². The van der Waals surface area contributed by atoms with E-state index >= 15 is 0 Å². The first-order valence-electron chi connectivity index (χ1n) is 10.3. The highest BCUT2D eigenvalue weighted by molar-refractivity contribution is 6.10. The Bertz CT molecular complexity index is 1060. The van der Waals surface area contributed by atoms with E-state index in [4.69, 9.17) is 10.5 Å². The van der Waals surface area contributed by atoms with E-state index in [-0.39, 0.29) is 41.7 Å². The van der Waals surface area contributed by atoms with Gasteiger partial charge in [0, 0.05) is 24.5 Å². The molecule has 3 N–H and O–H groups in total. The van der Waals surface area contributed by atoms with Crippen LogP contribution in [0.3, 0.4) is 0 Å². The minimum atomic E-state index is -1.02. The zero-order valence-electron chi connectivity index (χ0n) is 17.8. The lowest BCUT2D eigenvalue weighted by Gasteiger charge is -2.27. The molecule has 168 valence electrons. The SMILES string of the molecule is CC(C)C(C(=O)O)N1CCN(c2ccc(N3CCOc4ncnc(N)c4C3=O)cc2)C1=O. The molecule has 11 heteroatoms. The summed E-state index contributed by atoms with van der Waals surface area (Å²) in [6.07, 6.45) is 1.25. The van der Waals surface area contributed by atoms with E-state index in [0.717, 1.165) is 0 Å². The lowest BCUT2D eigenvalue weighted by Crippen LogP contribution is -2.47. The number of carboxylic acid groups (broad SMARTS) is 1. The number of anilines is 3. The maximum absolute atomic E-state index is 13.1. The number of urea groups is 1. The number of nitrogens with zero attached hydrogens (tertiary/aromatic N) is 5. The molecule has 32 heavy (non-hydrogen) atoms. The number of aromatic nitrogens is 2. The zero-order chi connectivity index (χ0) is 23.0. The van der Waals surface area contributed by atoms with Crippen molar-refractivity contribution in [3.05, 3.63) is 36.2 Å². The van der Waals surface area contributed by atoms with Crippen LogP contribution in [0.15, 0.2) is 30.6 Å². The van der Waals surface area contributed by atoms with E-state index in [9.17, 15) is 19.5 Å². The van der Waals surface area contributed by atoms with Crippen LogP contribution in [-0.2, 0) is 4.79 Å². The van der Waals surface area contributed by atoms with Crippen LogP contribution in [0.1, 0.15) is 24.2 Å². The van der Waals surface area contributed by atoms with Crippen molar-refractivity contribution < 1.29 is 24.2 Å². The Kier molecular flexibility index (Phi) is 5.56. The first kappa shape index (κ1) is 21.3. The molecule has 1 atom stereocenters. The molecule has 1 aromatic carbocycles. The summed E-state index contributed by atoms with van der Waals surface area (Å²) >= 11 is 0. The number of nitrogen functional groups attached to an aromatic ring is 1. The number of benzene rings is 1. The number of hydrogen-bond acceptors (Lipinski definition) is 7. The summed E-state index contributed by atoms with van der Waals surface area (Å²) in [4.78, 5) is 49.9. The molecule has 1 unspecified atom stereocenters. The van der Waals surface area contributed by atoms with Gasteiger partial charge in [0.1, 0.15) is 30.4 Å². The van der Waals surface area contributed by atoms with Crippen LogP contribution in [-0.4, -0.2) is 70.2 Å². The quantitative estimate of drug-likeness (QED) is 0.711. The van der Waals surface area contributed by atoms with Crippen LogP contribution in [0.25, 0.3) is 0 Å². The van der Waals surface area contributed by atoms with Gasteiger partial charge in [-0.15, -0.1) is 0 Å². The van der Waals surface area contributed by atoms with Gasteiger partial charge >= 0.3 is 12.0 Å². The van der Waals surface area contributed by atoms with Crippen molar-refractivity contribution in [2.24, 2.45) is 5.92 Å². The number of rotatable bonds is 5. The van der Waals surface area contributed by atoms with Crippen LogP contribution in [0.2, 0.25) is 0 Å². The number of hydrogen-bond donors (Lipinski definition) is 2. The van der Waals surface area contributed by atoms with E-state index in [1.807, 2.05) is 0 Å². The van der Waals surface area contributed by atoms with Gasteiger partial charge in [-0.2, -0.15) is 0 Å². The van der Waals surface area contributed by atoms with Gasteiger partial charge in [0.2, 0.25) is 5.88 Å². The third-order valence-corrected chi connectivity index (χ3v) is 5.59. The summed E-state index contributed by atoms with van der Waals surface area (Å²) in [5.74, 6) is -1.40. The van der Waals surface area contributed by atoms with Crippen LogP contribution in [0.5, 0.6) is 5.88 Å². The highest BCUT2D eigenvalue weighted by Crippen LogP contribution is 2.30. The standard InChI is InChI=1S/C21H24N6O5/c1-12(2)16(20(29)30)27-8-7-26(21(27)31)14-5-3-13(4-6-14)25-9-10-32-18-15(19(25)28)17(22)23-11-24-18/h3-6,11-12,16H,7-10H2,1-2H3,(H,29,30)(H2,22,23,24). The number of ether oxygens (including phenoxy) is 1. The normalized spacial score (nSPS) is 17.3. The molecule has 1 saturated heterocycles. The molecule has 3 heterocycles. The Hall–Kier alpha value is -3.89. The minimum absolute atomic E-state index is 0.0458. The number of nitrogens with two attached hydrogens (primary N) is 1. The average Bonchev–Trinajstić information content (AvgIpc) is 3.02. The summed E-state index contributed by atoms with van der Waals surface area (Å²) in [6, 6.07) is 5.68. The zero-order valence-corrected chi connectivity index (χ0v) is 17.8. The molecule has 0 spiro atoms. The van der Waals surface area contributed by atoms with Crippen LogP contribution >= 0.6 is 0 Å². The minimum Gasteiger partial charge on any atom is -0.480 e. The van der Waals surface area contributed by atoms with Gasteiger partial charge < -0.3 is 25.4 Å². The summed E-state index contributed by atoms with van der Waals surface area (Å²) in [5, 5.41) is 9.52. The van der Waals surface area contributed by atoms with Crippen LogP contribution < -0.4 is 20.3 Å². The molecule has 11 nitrogen and oxygen atoms in total. The second-order valence-electron chi connectivity index (χ2n) is 7.92. The van der Waals surface area contributed by atoms with Gasteiger partial charge in [0.05, 0.1) is 6.54 Å². The van der Waals surface area contributed by atoms with Crippen molar-refractivity contribution in [1.29, 1.82) is 0 Å². The smallest absolute Gasteiger partial charge is 0.326 e. The molecule has 1 fully saturated rings. The highest BCUT2D eigenvalue weighted by Gasteiger charge is 2.39. The van der Waals surface area contributed by atoms with Crippen molar-refractivity contribution in [2.45, 2.75) is 19.9 Å². The van der Waals surface area contributed by atoms with E-state index in [0.29, 0.717) is 31.0 Å². The van der Waals surface area contributed by atoms with E-state index < -0.39 is 12.0 Å². The molecule has 2 aliphatic heterocycles. The second kappa shape index (κ2) is 8.33. The van der Waals surface area contributed by atoms with Gasteiger partial charge in [0.15, 0.2) is 0 Å². The Morgan fingerprint density at radius 1 is 1.06 bits per heavy atom. The lowest BCUT2D eigenvalue weighted by molar-refractivity contribution is -0.143. The molecule has 2 aliphatic rings. The maximum atomic E-state index is 13.1. The van der Waals surface area contributed by atoms with E-state index in [1.54, 1.807) is 38.1 Å².